The Kier molecular flexibility index (Phi) is 21.0. The van der Waals surface area contributed by atoms with Crippen LogP contribution in [0, 0.1) is 0 Å². The average molecular weight is 356 g/mol. The van der Waals surface area contributed by atoms with Gasteiger partial charge in [-0.25, -0.2) is 0 Å². The van der Waals surface area contributed by atoms with Gasteiger partial charge >= 0.3 is 5.97 Å². The van der Waals surface area contributed by atoms with Crippen molar-refractivity contribution in [2.75, 3.05) is 13.2 Å². The molecule has 0 aliphatic heterocycles. The number of rotatable bonds is 20. The van der Waals surface area contributed by atoms with Crippen LogP contribution < -0.4 is 5.73 Å². The summed E-state index contributed by atoms with van der Waals surface area (Å²) < 4.78 is 5.17. The Bertz CT molecular complexity index is 269. The van der Waals surface area contributed by atoms with Gasteiger partial charge in [-0.05, 0) is 25.8 Å². The number of unbranched alkanes of at least 4 members (excludes halogenated alkanes) is 15. The largest absolute Gasteiger partial charge is 0.466 e. The predicted molar refractivity (Wildman–Crippen MR) is 109 cm³/mol. The lowest BCUT2D eigenvalue weighted by molar-refractivity contribution is -0.143. The summed E-state index contributed by atoms with van der Waals surface area (Å²) in [7, 11) is 0. The van der Waals surface area contributed by atoms with E-state index in [-0.39, 0.29) is 5.97 Å². The molecule has 0 radical (unpaired) electrons. The van der Waals surface area contributed by atoms with Crippen molar-refractivity contribution in [3.63, 3.8) is 0 Å². The first-order chi connectivity index (χ1) is 12.3. The van der Waals surface area contributed by atoms with Gasteiger partial charge < -0.3 is 10.5 Å². The van der Waals surface area contributed by atoms with Gasteiger partial charge in [0.25, 0.3) is 0 Å². The fourth-order valence-corrected chi connectivity index (χ4v) is 3.15. The number of carbonyl (C=O) groups excluding carboxylic acids is 1. The van der Waals surface area contributed by atoms with E-state index >= 15 is 0 Å². The molecule has 3 nitrogen and oxygen atoms in total. The van der Waals surface area contributed by atoms with E-state index in [2.05, 4.69) is 6.92 Å². The number of carbonyl (C=O) groups is 1. The van der Waals surface area contributed by atoms with Gasteiger partial charge in [0.15, 0.2) is 0 Å². The van der Waals surface area contributed by atoms with Crippen LogP contribution in [0.25, 0.3) is 0 Å². The maximum Gasteiger partial charge on any atom is 0.305 e. The van der Waals surface area contributed by atoms with Crippen LogP contribution in [-0.4, -0.2) is 19.1 Å². The van der Waals surface area contributed by atoms with Crippen molar-refractivity contribution in [1.82, 2.24) is 0 Å². The second kappa shape index (κ2) is 21.5. The van der Waals surface area contributed by atoms with Crippen molar-refractivity contribution in [1.29, 1.82) is 0 Å². The van der Waals surface area contributed by atoms with Gasteiger partial charge in [0.05, 0.1) is 6.61 Å². The van der Waals surface area contributed by atoms with Gasteiger partial charge in [-0.1, -0.05) is 96.8 Å². The van der Waals surface area contributed by atoms with E-state index in [1.807, 2.05) is 0 Å². The minimum absolute atomic E-state index is 0.0354. The van der Waals surface area contributed by atoms with Gasteiger partial charge in [0, 0.05) is 6.42 Å². The van der Waals surface area contributed by atoms with E-state index in [9.17, 15) is 4.79 Å². The molecule has 0 unspecified atom stereocenters. The van der Waals surface area contributed by atoms with Gasteiger partial charge in [-0.15, -0.1) is 0 Å². The lowest BCUT2D eigenvalue weighted by atomic mass is 10.0. The molecule has 0 aliphatic rings. The highest BCUT2D eigenvalue weighted by atomic mass is 16.5. The summed E-state index contributed by atoms with van der Waals surface area (Å²) in [4.78, 5) is 11.5. The first-order valence-electron chi connectivity index (χ1n) is 11.2. The highest BCUT2D eigenvalue weighted by Crippen LogP contribution is 2.13. The molecular formula is C22H45NO2. The van der Waals surface area contributed by atoms with Crippen LogP contribution in [0.5, 0.6) is 0 Å². The van der Waals surface area contributed by atoms with Gasteiger partial charge in [0.1, 0.15) is 0 Å². The molecule has 150 valence electrons. The maximum absolute atomic E-state index is 11.5. The van der Waals surface area contributed by atoms with E-state index in [0.29, 0.717) is 19.6 Å². The zero-order chi connectivity index (χ0) is 18.4. The SMILES string of the molecule is CCCCCCCCCCCCCCCCCC(=O)OCCCCN. The summed E-state index contributed by atoms with van der Waals surface area (Å²) in [6, 6.07) is 0. The van der Waals surface area contributed by atoms with Crippen LogP contribution in [0.4, 0.5) is 0 Å². The molecule has 0 saturated heterocycles. The Morgan fingerprint density at radius 3 is 1.52 bits per heavy atom. The highest BCUT2D eigenvalue weighted by molar-refractivity contribution is 5.69. The zero-order valence-electron chi connectivity index (χ0n) is 17.0. The first-order valence-corrected chi connectivity index (χ1v) is 11.2. The Balaban J connectivity index is 3.08. The van der Waals surface area contributed by atoms with Crippen molar-refractivity contribution in [3.05, 3.63) is 0 Å². The molecule has 0 aliphatic carbocycles. The normalized spacial score (nSPS) is 11.0. The summed E-state index contributed by atoms with van der Waals surface area (Å²) in [6.07, 6.45) is 22.7. The molecule has 0 aromatic rings. The van der Waals surface area contributed by atoms with Crippen molar-refractivity contribution < 1.29 is 9.53 Å². The molecule has 0 aromatic carbocycles. The molecule has 25 heavy (non-hydrogen) atoms. The Hall–Kier alpha value is -0.570. The van der Waals surface area contributed by atoms with Crippen LogP contribution in [0.1, 0.15) is 122 Å². The third-order valence-electron chi connectivity index (χ3n) is 4.85. The molecule has 0 amide bonds. The second-order valence-electron chi connectivity index (χ2n) is 7.42. The number of hydrogen-bond acceptors (Lipinski definition) is 3. The van der Waals surface area contributed by atoms with Gasteiger partial charge in [-0.2, -0.15) is 0 Å². The first kappa shape index (κ1) is 24.4. The monoisotopic (exact) mass is 355 g/mol. The van der Waals surface area contributed by atoms with Crippen molar-refractivity contribution in [3.8, 4) is 0 Å². The molecule has 0 spiro atoms. The van der Waals surface area contributed by atoms with E-state index in [0.717, 1.165) is 25.7 Å². The molecule has 0 aromatic heterocycles. The zero-order valence-corrected chi connectivity index (χ0v) is 17.0. The number of nitrogens with two attached hydrogens (primary N) is 1. The molecule has 3 heteroatoms. The van der Waals surface area contributed by atoms with Crippen LogP contribution in [0.2, 0.25) is 0 Å². The van der Waals surface area contributed by atoms with Crippen LogP contribution >= 0.6 is 0 Å². The van der Waals surface area contributed by atoms with Crippen LogP contribution in [-0.2, 0) is 9.53 Å². The maximum atomic E-state index is 11.5. The number of esters is 1. The molecule has 0 saturated carbocycles. The summed E-state index contributed by atoms with van der Waals surface area (Å²) in [5, 5.41) is 0. The van der Waals surface area contributed by atoms with E-state index < -0.39 is 0 Å². The second-order valence-corrected chi connectivity index (χ2v) is 7.42. The number of ether oxygens (including phenoxy) is 1. The van der Waals surface area contributed by atoms with Crippen molar-refractivity contribution in [2.24, 2.45) is 5.73 Å². The summed E-state index contributed by atoms with van der Waals surface area (Å²) in [5.41, 5.74) is 5.40. The minimum atomic E-state index is -0.0354. The van der Waals surface area contributed by atoms with Crippen LogP contribution in [0.3, 0.4) is 0 Å². The molecule has 0 fully saturated rings. The Morgan fingerprint density at radius 2 is 1.08 bits per heavy atom. The summed E-state index contributed by atoms with van der Waals surface area (Å²) in [5.74, 6) is -0.0354. The average Bonchev–Trinajstić information content (AvgIpc) is 2.62. The van der Waals surface area contributed by atoms with E-state index in [1.165, 1.54) is 83.5 Å². The molecule has 0 atom stereocenters. The van der Waals surface area contributed by atoms with Crippen LogP contribution in [0.15, 0.2) is 0 Å². The predicted octanol–water partition coefficient (Wildman–Crippen LogP) is 6.53. The van der Waals surface area contributed by atoms with Crippen molar-refractivity contribution >= 4 is 5.97 Å². The Labute approximate surface area is 157 Å². The number of hydrogen-bond donors (Lipinski definition) is 1. The van der Waals surface area contributed by atoms with Gasteiger partial charge in [-0.3, -0.25) is 4.79 Å². The highest BCUT2D eigenvalue weighted by Gasteiger charge is 2.02. The third kappa shape index (κ3) is 21.4. The smallest absolute Gasteiger partial charge is 0.305 e. The molecule has 2 N–H and O–H groups in total. The topological polar surface area (TPSA) is 52.3 Å². The standard InChI is InChI=1S/C22H45NO2/c1-2-3-4-5-6-7-8-9-10-11-12-13-14-15-16-19-22(24)25-21-18-17-20-23/h2-21,23H2,1H3. The Morgan fingerprint density at radius 1 is 0.640 bits per heavy atom. The van der Waals surface area contributed by atoms with E-state index in [1.54, 1.807) is 0 Å². The summed E-state index contributed by atoms with van der Waals surface area (Å²) >= 11 is 0. The van der Waals surface area contributed by atoms with Gasteiger partial charge in [0.2, 0.25) is 0 Å². The molecule has 0 heterocycles. The summed E-state index contributed by atoms with van der Waals surface area (Å²) in [6.45, 7) is 3.49. The van der Waals surface area contributed by atoms with Crippen molar-refractivity contribution in [2.45, 2.75) is 122 Å². The quantitative estimate of drug-likeness (QED) is 0.199. The fourth-order valence-electron chi connectivity index (χ4n) is 3.15. The molecular weight excluding hydrogens is 310 g/mol. The van der Waals surface area contributed by atoms with E-state index in [4.69, 9.17) is 10.5 Å². The fraction of sp³-hybridized carbons (Fsp3) is 0.955. The lowest BCUT2D eigenvalue weighted by Crippen LogP contribution is -2.07. The lowest BCUT2D eigenvalue weighted by Gasteiger charge is -2.05. The molecule has 0 bridgehead atoms. The third-order valence-corrected chi connectivity index (χ3v) is 4.85. The molecule has 0 rings (SSSR count). The minimum Gasteiger partial charge on any atom is -0.466 e.